The molecule has 2 aromatic carbocycles. The van der Waals surface area contributed by atoms with Crippen molar-refractivity contribution in [1.29, 1.82) is 0 Å². The first-order valence-electron chi connectivity index (χ1n) is 6.87. The molecule has 116 valence electrons. The minimum atomic E-state index is -0.538. The maximum atomic E-state index is 12.0. The molecule has 0 aliphatic heterocycles. The molecule has 7 heteroatoms. The second-order valence-corrected chi connectivity index (χ2v) is 5.63. The number of primary amides is 1. The largest absolute Gasteiger partial charge is 0.351 e. The molecular weight excluding hydrogens is 312 g/mol. The molecule has 1 heterocycles. The summed E-state index contributed by atoms with van der Waals surface area (Å²) in [5.74, 6) is 1.13. The average molecular weight is 326 g/mol. The lowest BCUT2D eigenvalue weighted by atomic mass is 10.2. The molecule has 1 aromatic heterocycles. The van der Waals surface area contributed by atoms with E-state index in [0.717, 1.165) is 10.6 Å². The first-order chi connectivity index (χ1) is 11.3. The zero-order valence-corrected chi connectivity index (χ0v) is 12.9. The summed E-state index contributed by atoms with van der Waals surface area (Å²) in [5.41, 5.74) is 7.04. The second-order valence-electron chi connectivity index (χ2n) is 4.61. The molecule has 23 heavy (non-hydrogen) atoms. The summed E-state index contributed by atoms with van der Waals surface area (Å²) in [6.07, 6.45) is 1.29. The fourth-order valence-corrected chi connectivity index (χ4v) is 3.02. The zero-order valence-electron chi connectivity index (χ0n) is 12.1. The van der Waals surface area contributed by atoms with Crippen molar-refractivity contribution in [1.82, 2.24) is 10.1 Å². The molecule has 2 amide bonds. The van der Waals surface area contributed by atoms with Gasteiger partial charge in [0.05, 0.1) is 17.1 Å². The lowest BCUT2D eigenvalue weighted by Crippen LogP contribution is -2.31. The lowest BCUT2D eigenvalue weighted by Gasteiger charge is -2.23. The topological polar surface area (TPSA) is 85.3 Å². The van der Waals surface area contributed by atoms with Crippen molar-refractivity contribution < 1.29 is 9.32 Å². The predicted molar refractivity (Wildman–Crippen MR) is 88.5 cm³/mol. The van der Waals surface area contributed by atoms with Crippen molar-refractivity contribution >= 4 is 29.2 Å². The van der Waals surface area contributed by atoms with Gasteiger partial charge in [-0.25, -0.2) is 4.79 Å². The van der Waals surface area contributed by atoms with Crippen LogP contribution in [0, 0.1) is 0 Å². The van der Waals surface area contributed by atoms with Gasteiger partial charge in [0.1, 0.15) is 0 Å². The molecule has 0 fully saturated rings. The van der Waals surface area contributed by atoms with Crippen LogP contribution in [0.2, 0.25) is 0 Å². The number of para-hydroxylation sites is 2. The molecular formula is C16H14N4O2S. The van der Waals surface area contributed by atoms with Crippen molar-refractivity contribution in [3.05, 3.63) is 66.8 Å². The van der Waals surface area contributed by atoms with E-state index in [2.05, 4.69) is 10.1 Å². The van der Waals surface area contributed by atoms with E-state index < -0.39 is 6.03 Å². The summed E-state index contributed by atoms with van der Waals surface area (Å²) < 4.78 is 4.73. The minimum Gasteiger partial charge on any atom is -0.351 e. The van der Waals surface area contributed by atoms with E-state index in [4.69, 9.17) is 10.3 Å². The number of hydrogen-bond donors (Lipinski definition) is 1. The van der Waals surface area contributed by atoms with E-state index >= 15 is 0 Å². The summed E-state index contributed by atoms with van der Waals surface area (Å²) >= 11 is 1.51. The van der Waals surface area contributed by atoms with Crippen molar-refractivity contribution in [3.63, 3.8) is 0 Å². The van der Waals surface area contributed by atoms with E-state index in [1.165, 1.54) is 23.1 Å². The lowest BCUT2D eigenvalue weighted by molar-refractivity contribution is 0.256. The second kappa shape index (κ2) is 6.97. The number of amides is 2. The monoisotopic (exact) mass is 326 g/mol. The summed E-state index contributed by atoms with van der Waals surface area (Å²) in [7, 11) is 0. The zero-order chi connectivity index (χ0) is 16.1. The maximum Gasteiger partial charge on any atom is 0.323 e. The molecule has 0 aliphatic rings. The maximum absolute atomic E-state index is 12.0. The summed E-state index contributed by atoms with van der Waals surface area (Å²) in [6.45, 7) is 0. The van der Waals surface area contributed by atoms with Gasteiger partial charge in [0.2, 0.25) is 6.39 Å². The van der Waals surface area contributed by atoms with E-state index in [1.54, 1.807) is 0 Å². The molecule has 0 saturated carbocycles. The Morgan fingerprint density at radius 3 is 2.57 bits per heavy atom. The number of anilines is 2. The van der Waals surface area contributed by atoms with E-state index in [1.807, 2.05) is 54.6 Å². The van der Waals surface area contributed by atoms with Gasteiger partial charge in [-0.15, -0.1) is 11.8 Å². The number of urea groups is 1. The van der Waals surface area contributed by atoms with Crippen LogP contribution in [-0.2, 0) is 5.75 Å². The highest BCUT2D eigenvalue weighted by molar-refractivity contribution is 7.98. The summed E-state index contributed by atoms with van der Waals surface area (Å²) in [5, 5.41) is 3.79. The van der Waals surface area contributed by atoms with Crippen LogP contribution in [0.1, 0.15) is 5.82 Å². The van der Waals surface area contributed by atoms with Gasteiger partial charge < -0.3 is 10.3 Å². The first-order valence-corrected chi connectivity index (χ1v) is 7.86. The number of nitrogens with zero attached hydrogens (tertiary/aromatic N) is 3. The highest BCUT2D eigenvalue weighted by Crippen LogP contribution is 2.35. The van der Waals surface area contributed by atoms with Gasteiger partial charge in [-0.2, -0.15) is 4.98 Å². The Morgan fingerprint density at radius 1 is 1.13 bits per heavy atom. The number of benzene rings is 2. The number of aromatic nitrogens is 2. The van der Waals surface area contributed by atoms with Crippen LogP contribution in [-0.4, -0.2) is 16.2 Å². The minimum absolute atomic E-state index is 0.537. The average Bonchev–Trinajstić information content (AvgIpc) is 3.08. The van der Waals surface area contributed by atoms with Gasteiger partial charge in [0, 0.05) is 4.90 Å². The van der Waals surface area contributed by atoms with Gasteiger partial charge >= 0.3 is 6.03 Å². The first kappa shape index (κ1) is 15.1. The van der Waals surface area contributed by atoms with Crippen molar-refractivity contribution in [3.8, 4) is 0 Å². The fraction of sp³-hybridized carbons (Fsp3) is 0.0625. The Morgan fingerprint density at radius 2 is 1.87 bits per heavy atom. The molecule has 6 nitrogen and oxygen atoms in total. The van der Waals surface area contributed by atoms with E-state index in [-0.39, 0.29) is 0 Å². The molecule has 0 atom stereocenters. The van der Waals surface area contributed by atoms with Crippen molar-refractivity contribution in [2.24, 2.45) is 5.73 Å². The smallest absolute Gasteiger partial charge is 0.323 e. The molecule has 0 spiro atoms. The van der Waals surface area contributed by atoms with Crippen molar-refractivity contribution in [2.45, 2.75) is 10.6 Å². The van der Waals surface area contributed by atoms with Crippen LogP contribution < -0.4 is 10.6 Å². The number of rotatable bonds is 5. The Hall–Kier alpha value is -2.80. The predicted octanol–water partition coefficient (Wildman–Crippen LogP) is 3.58. The Kier molecular flexibility index (Phi) is 4.58. The van der Waals surface area contributed by atoms with Gasteiger partial charge in [0.15, 0.2) is 5.82 Å². The van der Waals surface area contributed by atoms with Crippen LogP contribution in [0.3, 0.4) is 0 Å². The molecule has 0 unspecified atom stereocenters. The normalized spacial score (nSPS) is 10.4. The van der Waals surface area contributed by atoms with Gasteiger partial charge in [0.25, 0.3) is 0 Å². The Bertz CT molecular complexity index is 778. The van der Waals surface area contributed by atoms with Gasteiger partial charge in [-0.3, -0.25) is 4.90 Å². The highest BCUT2D eigenvalue weighted by atomic mass is 32.2. The molecule has 0 radical (unpaired) electrons. The molecule has 0 saturated heterocycles. The number of thioether (sulfide) groups is 1. The van der Waals surface area contributed by atoms with Crippen LogP contribution in [0.25, 0.3) is 0 Å². The number of hydrogen-bond acceptors (Lipinski definition) is 5. The number of nitrogens with two attached hydrogens (primary N) is 1. The summed E-state index contributed by atoms with van der Waals surface area (Å²) in [6, 6.07) is 16.3. The quantitative estimate of drug-likeness (QED) is 0.724. The van der Waals surface area contributed by atoms with Crippen LogP contribution in [0.5, 0.6) is 0 Å². The standard InChI is InChI=1S/C16H14N4O2S/c17-16(21)20(12-6-2-1-3-7-12)13-8-4-5-9-14(13)23-10-15-18-11-22-19-15/h1-9,11H,10H2,(H2,17,21). The van der Waals surface area contributed by atoms with Crippen LogP contribution >= 0.6 is 11.8 Å². The molecule has 0 aliphatic carbocycles. The third-order valence-corrected chi connectivity index (χ3v) is 4.16. The van der Waals surface area contributed by atoms with Crippen molar-refractivity contribution in [2.75, 3.05) is 4.90 Å². The van der Waals surface area contributed by atoms with Gasteiger partial charge in [-0.1, -0.05) is 35.5 Å². The highest BCUT2D eigenvalue weighted by Gasteiger charge is 2.18. The van der Waals surface area contributed by atoms with Crippen LogP contribution in [0.15, 0.2) is 70.4 Å². The van der Waals surface area contributed by atoms with Crippen LogP contribution in [0.4, 0.5) is 16.2 Å². The van der Waals surface area contributed by atoms with Gasteiger partial charge in [-0.05, 0) is 24.3 Å². The SMILES string of the molecule is NC(=O)N(c1ccccc1)c1ccccc1SCc1ncon1. The molecule has 0 bridgehead atoms. The van der Waals surface area contributed by atoms with E-state index in [9.17, 15) is 4.79 Å². The Labute approximate surface area is 137 Å². The third kappa shape index (κ3) is 3.51. The number of carbonyl (C=O) groups excluding carboxylic acids is 1. The molecule has 3 aromatic rings. The third-order valence-electron chi connectivity index (χ3n) is 3.10. The fourth-order valence-electron chi connectivity index (χ4n) is 2.12. The van der Waals surface area contributed by atoms with E-state index in [0.29, 0.717) is 17.3 Å². The summed E-state index contributed by atoms with van der Waals surface area (Å²) in [4.78, 5) is 18.4. The molecule has 3 rings (SSSR count). The Balaban J connectivity index is 1.92. The molecule has 2 N–H and O–H groups in total. The number of carbonyl (C=O) groups is 1.